The molecule has 0 amide bonds. The first-order chi connectivity index (χ1) is 14.0. The summed E-state index contributed by atoms with van der Waals surface area (Å²) in [7, 11) is -1.78. The molecular formula is C21H24N4O3S. The van der Waals surface area contributed by atoms with Crippen molar-refractivity contribution in [2.75, 3.05) is 33.3 Å². The third-order valence-electron chi connectivity index (χ3n) is 5.03. The molecule has 7 nitrogen and oxygen atoms in total. The second-order valence-electron chi connectivity index (χ2n) is 7.00. The Balaban J connectivity index is 1.36. The molecule has 0 unspecified atom stereocenters. The number of fused-ring (bicyclic) bond motifs is 1. The summed E-state index contributed by atoms with van der Waals surface area (Å²) in [5.74, 6) is 1.66. The summed E-state index contributed by atoms with van der Waals surface area (Å²) >= 11 is 0. The number of nitrogens with one attached hydrogen (secondary N) is 1. The van der Waals surface area contributed by atoms with E-state index in [-0.39, 0.29) is 0 Å². The van der Waals surface area contributed by atoms with Gasteiger partial charge in [0, 0.05) is 37.7 Å². The Morgan fingerprint density at radius 2 is 1.86 bits per heavy atom. The predicted molar refractivity (Wildman–Crippen MR) is 114 cm³/mol. The van der Waals surface area contributed by atoms with Crippen LogP contribution in [0, 0.1) is 0 Å². The molecule has 1 aromatic heterocycles. The van der Waals surface area contributed by atoms with E-state index in [2.05, 4.69) is 14.9 Å². The molecule has 0 radical (unpaired) electrons. The molecular weight excluding hydrogens is 388 g/mol. The SMILES string of the molecule is COc1ccc2nc(CN3CCN(S(=O)(=O)/C=C/c4ccccc4)CC3)[nH]c2c1. The number of piperazine rings is 1. The molecule has 4 rings (SSSR count). The fourth-order valence-corrected chi connectivity index (χ4v) is 4.59. The van der Waals surface area contributed by atoms with E-state index in [0.29, 0.717) is 32.7 Å². The summed E-state index contributed by atoms with van der Waals surface area (Å²) in [5.41, 5.74) is 2.70. The molecule has 152 valence electrons. The van der Waals surface area contributed by atoms with Crippen LogP contribution in [0.5, 0.6) is 5.75 Å². The molecule has 0 aliphatic carbocycles. The minimum atomic E-state index is -3.42. The molecule has 3 aromatic rings. The molecule has 0 spiro atoms. The maximum atomic E-state index is 12.6. The van der Waals surface area contributed by atoms with Crippen LogP contribution >= 0.6 is 0 Å². The highest BCUT2D eigenvalue weighted by molar-refractivity contribution is 7.92. The Kier molecular flexibility index (Phi) is 5.66. The number of rotatable bonds is 6. The first kappa shape index (κ1) is 19.6. The maximum Gasteiger partial charge on any atom is 0.236 e. The van der Waals surface area contributed by atoms with E-state index in [9.17, 15) is 8.42 Å². The van der Waals surface area contributed by atoms with Gasteiger partial charge in [0.05, 0.1) is 24.7 Å². The number of aromatic amines is 1. The van der Waals surface area contributed by atoms with Gasteiger partial charge in [0.15, 0.2) is 0 Å². The van der Waals surface area contributed by atoms with Gasteiger partial charge >= 0.3 is 0 Å². The van der Waals surface area contributed by atoms with Crippen LogP contribution in [-0.2, 0) is 16.6 Å². The van der Waals surface area contributed by atoms with Gasteiger partial charge in [-0.15, -0.1) is 0 Å². The lowest BCUT2D eigenvalue weighted by Gasteiger charge is -2.32. The van der Waals surface area contributed by atoms with Crippen molar-refractivity contribution in [3.63, 3.8) is 0 Å². The zero-order valence-corrected chi connectivity index (χ0v) is 17.1. The van der Waals surface area contributed by atoms with E-state index in [1.165, 1.54) is 9.71 Å². The summed E-state index contributed by atoms with van der Waals surface area (Å²) in [6.07, 6.45) is 1.64. The average Bonchev–Trinajstić information content (AvgIpc) is 3.15. The van der Waals surface area contributed by atoms with E-state index in [1.54, 1.807) is 13.2 Å². The number of methoxy groups -OCH3 is 1. The zero-order chi connectivity index (χ0) is 20.3. The van der Waals surface area contributed by atoms with Crippen LogP contribution in [0.25, 0.3) is 17.1 Å². The second-order valence-corrected chi connectivity index (χ2v) is 8.82. The van der Waals surface area contributed by atoms with E-state index in [0.717, 1.165) is 28.2 Å². The largest absolute Gasteiger partial charge is 0.497 e. The third kappa shape index (κ3) is 4.67. The van der Waals surface area contributed by atoms with Crippen LogP contribution < -0.4 is 4.74 Å². The number of imidazole rings is 1. The van der Waals surface area contributed by atoms with Gasteiger partial charge < -0.3 is 9.72 Å². The van der Waals surface area contributed by atoms with Crippen molar-refractivity contribution in [2.45, 2.75) is 6.54 Å². The maximum absolute atomic E-state index is 12.6. The Bertz CT molecular complexity index is 1100. The predicted octanol–water partition coefficient (Wildman–Crippen LogP) is 2.69. The lowest BCUT2D eigenvalue weighted by Crippen LogP contribution is -2.47. The van der Waals surface area contributed by atoms with E-state index in [1.807, 2.05) is 48.5 Å². The van der Waals surface area contributed by atoms with E-state index < -0.39 is 10.0 Å². The second kappa shape index (κ2) is 8.36. The van der Waals surface area contributed by atoms with Crippen molar-refractivity contribution in [3.05, 3.63) is 65.3 Å². The van der Waals surface area contributed by atoms with Crippen LogP contribution in [0.1, 0.15) is 11.4 Å². The molecule has 1 aliphatic heterocycles. The third-order valence-corrected chi connectivity index (χ3v) is 6.60. The van der Waals surface area contributed by atoms with Gasteiger partial charge in [-0.05, 0) is 23.8 Å². The van der Waals surface area contributed by atoms with Crippen LogP contribution in [0.15, 0.2) is 53.9 Å². The summed E-state index contributed by atoms with van der Waals surface area (Å²) in [6.45, 7) is 2.92. The van der Waals surface area contributed by atoms with E-state index >= 15 is 0 Å². The molecule has 0 atom stereocenters. The fourth-order valence-electron chi connectivity index (χ4n) is 3.41. The Morgan fingerprint density at radius 1 is 1.10 bits per heavy atom. The molecule has 2 heterocycles. The topological polar surface area (TPSA) is 78.5 Å². The molecule has 1 fully saturated rings. The van der Waals surface area contributed by atoms with Gasteiger partial charge in [0.2, 0.25) is 10.0 Å². The highest BCUT2D eigenvalue weighted by Gasteiger charge is 2.25. The molecule has 1 saturated heterocycles. The monoisotopic (exact) mass is 412 g/mol. The van der Waals surface area contributed by atoms with Crippen molar-refractivity contribution >= 4 is 27.1 Å². The first-order valence-electron chi connectivity index (χ1n) is 9.52. The highest BCUT2D eigenvalue weighted by Crippen LogP contribution is 2.20. The quantitative estimate of drug-likeness (QED) is 0.674. The minimum Gasteiger partial charge on any atom is -0.497 e. The van der Waals surface area contributed by atoms with Gasteiger partial charge in [-0.3, -0.25) is 4.90 Å². The van der Waals surface area contributed by atoms with E-state index in [4.69, 9.17) is 4.74 Å². The normalized spacial score (nSPS) is 16.6. The lowest BCUT2D eigenvalue weighted by molar-refractivity contribution is 0.179. The molecule has 2 aromatic carbocycles. The summed E-state index contributed by atoms with van der Waals surface area (Å²) < 4.78 is 32.0. The van der Waals surface area contributed by atoms with Crippen LogP contribution in [0.3, 0.4) is 0 Å². The van der Waals surface area contributed by atoms with Crippen molar-refractivity contribution in [1.29, 1.82) is 0 Å². The van der Waals surface area contributed by atoms with Gasteiger partial charge in [-0.25, -0.2) is 13.4 Å². The Morgan fingerprint density at radius 3 is 2.59 bits per heavy atom. The molecule has 0 bridgehead atoms. The van der Waals surface area contributed by atoms with Crippen molar-refractivity contribution in [1.82, 2.24) is 19.2 Å². The molecule has 1 N–H and O–H groups in total. The smallest absolute Gasteiger partial charge is 0.236 e. The number of aromatic nitrogens is 2. The zero-order valence-electron chi connectivity index (χ0n) is 16.3. The Labute approximate surface area is 170 Å². The molecule has 0 saturated carbocycles. The number of sulfonamides is 1. The number of benzene rings is 2. The first-order valence-corrected chi connectivity index (χ1v) is 11.0. The van der Waals surface area contributed by atoms with Gasteiger partial charge in [0.1, 0.15) is 11.6 Å². The van der Waals surface area contributed by atoms with Crippen molar-refractivity contribution < 1.29 is 13.2 Å². The lowest BCUT2D eigenvalue weighted by atomic mass is 10.2. The Hall–Kier alpha value is -2.68. The number of nitrogens with zero attached hydrogens (tertiary/aromatic N) is 3. The minimum absolute atomic E-state index is 0.468. The van der Waals surface area contributed by atoms with Crippen LogP contribution in [0.2, 0.25) is 0 Å². The van der Waals surface area contributed by atoms with Crippen LogP contribution in [-0.4, -0.2) is 60.9 Å². The average molecular weight is 413 g/mol. The highest BCUT2D eigenvalue weighted by atomic mass is 32.2. The number of ether oxygens (including phenoxy) is 1. The molecule has 29 heavy (non-hydrogen) atoms. The number of hydrogen-bond acceptors (Lipinski definition) is 5. The summed E-state index contributed by atoms with van der Waals surface area (Å²) in [6, 6.07) is 15.2. The summed E-state index contributed by atoms with van der Waals surface area (Å²) in [4.78, 5) is 10.1. The van der Waals surface area contributed by atoms with Crippen LogP contribution in [0.4, 0.5) is 0 Å². The van der Waals surface area contributed by atoms with Crippen molar-refractivity contribution in [2.24, 2.45) is 0 Å². The standard InChI is InChI=1S/C21H24N4O3S/c1-28-18-7-8-19-20(15-18)23-21(22-19)16-24-10-12-25(13-11-24)29(26,27)14-9-17-5-3-2-4-6-17/h2-9,14-15H,10-13,16H2,1H3,(H,22,23)/b14-9+. The van der Waals surface area contributed by atoms with Gasteiger partial charge in [-0.1, -0.05) is 30.3 Å². The van der Waals surface area contributed by atoms with Gasteiger partial charge in [-0.2, -0.15) is 4.31 Å². The summed E-state index contributed by atoms with van der Waals surface area (Å²) in [5, 5.41) is 1.30. The fraction of sp³-hybridized carbons (Fsp3) is 0.286. The van der Waals surface area contributed by atoms with Crippen molar-refractivity contribution in [3.8, 4) is 5.75 Å². The number of hydrogen-bond donors (Lipinski definition) is 1. The van der Waals surface area contributed by atoms with Gasteiger partial charge in [0.25, 0.3) is 0 Å². The number of H-pyrrole nitrogens is 1. The molecule has 8 heteroatoms. The molecule has 1 aliphatic rings.